The van der Waals surface area contributed by atoms with Gasteiger partial charge in [0.1, 0.15) is 112 Å². The number of hydrogen-bond donors (Lipinski definition) is 0. The summed E-state index contributed by atoms with van der Waals surface area (Å²) in [7, 11) is 0. The molecule has 0 spiro atoms. The summed E-state index contributed by atoms with van der Waals surface area (Å²) in [5.74, 6) is -3.86. The lowest BCUT2D eigenvalue weighted by atomic mass is 9.86. The number of Topliss-reactive ketones (excluding diaryl/α,β-unsaturated/α-hetero) is 7. The van der Waals surface area contributed by atoms with Crippen LogP contribution in [-0.4, -0.2) is 117 Å². The van der Waals surface area contributed by atoms with Gasteiger partial charge in [0.25, 0.3) is 0 Å². The summed E-state index contributed by atoms with van der Waals surface area (Å²) in [6.45, 7) is 15.2. The lowest BCUT2D eigenvalue weighted by Crippen LogP contribution is -2.18. The molecule has 0 unspecified atom stereocenters. The first kappa shape index (κ1) is 77.1. The number of ketones is 7. The Labute approximate surface area is 559 Å². The fourth-order valence-corrected chi connectivity index (χ4v) is 11.1. The van der Waals surface area contributed by atoms with E-state index >= 15 is 0 Å². The highest BCUT2D eigenvalue weighted by Gasteiger charge is 2.28. The van der Waals surface area contributed by atoms with Crippen molar-refractivity contribution in [1.82, 2.24) is 0 Å². The number of hydrogen-bond acceptors (Lipinski definition) is 19. The summed E-state index contributed by atoms with van der Waals surface area (Å²) in [6, 6.07) is 13.8. The van der Waals surface area contributed by atoms with Gasteiger partial charge in [-0.2, -0.15) is 0 Å². The monoisotopic (exact) mass is 1310 g/mol. The quantitative estimate of drug-likeness (QED) is 0.00877. The molecule has 4 aromatic carbocycles. The molecule has 0 fully saturated rings. The van der Waals surface area contributed by atoms with E-state index in [4.69, 9.17) is 37.9 Å². The van der Waals surface area contributed by atoms with Crippen molar-refractivity contribution in [3.05, 3.63) is 127 Å². The largest absolute Gasteiger partial charge is 0.489 e. The van der Waals surface area contributed by atoms with Gasteiger partial charge in [0, 0.05) is 79.2 Å². The molecule has 0 heterocycles. The average molecular weight is 1310 g/mol. The number of esters is 4. The standard InChI is InChI=1S/C76H96O19/c1-10-14-18-22-65(80)53-37-57-45-59-39-54(66(81)23-19-15-11-2)41-61(73(59)92-30-27-89-70(85)35-51(8)78)47-63-43-56(68(83)25-21-17-13-4)44-64(75(63)94-32-33-95-76(87)49(5)6)48-62-42-55(67(82)24-20-16-12-3)40-60(74(62)93-31-28-90-71(86)36-52(9)79)46-58(38-53)72(57)91-29-26-88-69(84)34-50(7)77/h37-44H,5,10-36,45-48H2,1-4,6-9H3. The van der Waals surface area contributed by atoms with Gasteiger partial charge in [-0.05, 0) is 146 Å². The van der Waals surface area contributed by atoms with E-state index in [0.717, 1.165) is 51.4 Å². The van der Waals surface area contributed by atoms with Gasteiger partial charge in [-0.1, -0.05) is 85.6 Å². The minimum atomic E-state index is -0.767. The van der Waals surface area contributed by atoms with Gasteiger partial charge in [0.05, 0.1) is 0 Å². The molecular weight excluding hydrogens is 1220 g/mol. The molecular formula is C76H96O19. The number of benzene rings is 4. The predicted molar refractivity (Wildman–Crippen MR) is 357 cm³/mol. The van der Waals surface area contributed by atoms with Crippen molar-refractivity contribution < 1.29 is 90.6 Å². The summed E-state index contributed by atoms with van der Waals surface area (Å²) in [6.07, 6.45) is 7.88. The zero-order chi connectivity index (χ0) is 69.4. The van der Waals surface area contributed by atoms with Crippen LogP contribution in [0.1, 0.15) is 263 Å². The van der Waals surface area contributed by atoms with Gasteiger partial charge in [-0.3, -0.25) is 47.9 Å². The molecule has 0 aliphatic heterocycles. The Morgan fingerprint density at radius 3 is 0.716 bits per heavy atom. The maximum Gasteiger partial charge on any atom is 0.333 e. The number of ether oxygens (including phenoxy) is 8. The fourth-order valence-electron chi connectivity index (χ4n) is 11.1. The smallest absolute Gasteiger partial charge is 0.333 e. The summed E-state index contributed by atoms with van der Waals surface area (Å²) >= 11 is 0. The molecule has 0 radical (unpaired) electrons. The molecule has 514 valence electrons. The molecule has 0 atom stereocenters. The molecule has 0 amide bonds. The van der Waals surface area contributed by atoms with Gasteiger partial charge >= 0.3 is 23.9 Å². The minimum absolute atomic E-state index is 0.0844. The van der Waals surface area contributed by atoms with Crippen LogP contribution in [-0.2, 0) is 78.2 Å². The first-order chi connectivity index (χ1) is 45.5. The van der Waals surface area contributed by atoms with Crippen LogP contribution in [0.3, 0.4) is 0 Å². The predicted octanol–water partition coefficient (Wildman–Crippen LogP) is 13.6. The second kappa shape index (κ2) is 40.6. The van der Waals surface area contributed by atoms with E-state index in [2.05, 4.69) is 6.58 Å². The van der Waals surface area contributed by atoms with E-state index in [1.54, 1.807) is 48.5 Å². The Morgan fingerprint density at radius 2 is 0.526 bits per heavy atom. The summed E-state index contributed by atoms with van der Waals surface area (Å²) in [5.41, 5.74) is 4.88. The second-order valence-electron chi connectivity index (χ2n) is 24.3. The highest BCUT2D eigenvalue weighted by Crippen LogP contribution is 2.42. The van der Waals surface area contributed by atoms with Crippen molar-refractivity contribution in [3.8, 4) is 23.0 Å². The van der Waals surface area contributed by atoms with E-state index < -0.39 is 60.5 Å². The lowest BCUT2D eigenvalue weighted by molar-refractivity contribution is -0.147. The molecule has 8 bridgehead atoms. The number of rotatable bonds is 43. The maximum atomic E-state index is 14.8. The van der Waals surface area contributed by atoms with Crippen LogP contribution in [0, 0.1) is 0 Å². The highest BCUT2D eigenvalue weighted by atomic mass is 16.6. The molecule has 19 nitrogen and oxygen atoms in total. The third-order valence-electron chi connectivity index (χ3n) is 15.7. The maximum absolute atomic E-state index is 14.8. The van der Waals surface area contributed by atoms with Gasteiger partial charge in [0.2, 0.25) is 0 Å². The van der Waals surface area contributed by atoms with Crippen molar-refractivity contribution >= 4 is 64.4 Å². The van der Waals surface area contributed by atoms with Crippen LogP contribution in [0.2, 0.25) is 0 Å². The van der Waals surface area contributed by atoms with E-state index in [-0.39, 0.29) is 156 Å². The van der Waals surface area contributed by atoms with Crippen LogP contribution in [0.5, 0.6) is 23.0 Å². The van der Waals surface area contributed by atoms with E-state index in [0.29, 0.717) is 92.4 Å². The van der Waals surface area contributed by atoms with Crippen molar-refractivity contribution in [1.29, 1.82) is 0 Å². The molecule has 0 N–H and O–H groups in total. The van der Waals surface area contributed by atoms with Crippen LogP contribution in [0.15, 0.2) is 60.7 Å². The number of fused-ring (bicyclic) bond motifs is 8. The Kier molecular flexibility index (Phi) is 32.9. The van der Waals surface area contributed by atoms with Gasteiger partial charge in [-0.15, -0.1) is 0 Å². The zero-order valence-electron chi connectivity index (χ0n) is 57.0. The summed E-state index contributed by atoms with van der Waals surface area (Å²) < 4.78 is 49.1. The Hall–Kier alpha value is -8.61. The average Bonchev–Trinajstić information content (AvgIpc) is 0.787. The molecule has 0 saturated heterocycles. The van der Waals surface area contributed by atoms with E-state index in [1.165, 1.54) is 27.7 Å². The molecule has 1 aliphatic rings. The third kappa shape index (κ3) is 25.9. The fraction of sp³-hybridized carbons (Fsp3) is 0.513. The third-order valence-corrected chi connectivity index (χ3v) is 15.7. The highest BCUT2D eigenvalue weighted by molar-refractivity contribution is 6.00. The number of carbonyl (C=O) groups excluding carboxylic acids is 11. The Bertz CT molecular complexity index is 3240. The van der Waals surface area contributed by atoms with Gasteiger partial charge < -0.3 is 37.9 Å². The van der Waals surface area contributed by atoms with Crippen LogP contribution in [0.4, 0.5) is 0 Å². The minimum Gasteiger partial charge on any atom is -0.489 e. The van der Waals surface area contributed by atoms with Crippen molar-refractivity contribution in [2.75, 3.05) is 52.9 Å². The molecule has 1 aliphatic carbocycles. The van der Waals surface area contributed by atoms with Gasteiger partial charge in [0.15, 0.2) is 23.1 Å². The van der Waals surface area contributed by atoms with E-state index in [9.17, 15) is 52.7 Å². The van der Waals surface area contributed by atoms with Crippen molar-refractivity contribution in [2.24, 2.45) is 0 Å². The van der Waals surface area contributed by atoms with Crippen LogP contribution in [0.25, 0.3) is 0 Å². The normalized spacial score (nSPS) is 11.6. The SMILES string of the molecule is C=C(C)C(=O)OCCOc1c2cc(C(=O)CCCCC)cc1Cc1cc(C(=O)CCCCC)cc(c1OCCOC(=O)CC(C)=O)Cc1cc(C(=O)CCCCC)cc(c1OCCOC(=O)CC(C)=O)Cc1cc(C(=O)CCCCC)cc(c1OCCOC(=O)CC(C)=O)C2. The Morgan fingerprint density at radius 1 is 0.316 bits per heavy atom. The van der Waals surface area contributed by atoms with Gasteiger partial charge in [-0.25, -0.2) is 4.79 Å². The summed E-state index contributed by atoms with van der Waals surface area (Å²) in [5, 5.41) is 0. The second-order valence-corrected chi connectivity index (χ2v) is 24.3. The van der Waals surface area contributed by atoms with Crippen LogP contribution < -0.4 is 18.9 Å². The van der Waals surface area contributed by atoms with E-state index in [1.807, 2.05) is 27.7 Å². The molecule has 19 heteroatoms. The first-order valence-electron chi connectivity index (χ1n) is 33.6. The topological polar surface area (TPSA) is 262 Å². The van der Waals surface area contributed by atoms with Crippen molar-refractivity contribution in [2.45, 2.75) is 203 Å². The molecule has 4 aromatic rings. The molecule has 0 aromatic heterocycles. The molecule has 0 saturated carbocycles. The number of carbonyl (C=O) groups is 11. The zero-order valence-corrected chi connectivity index (χ0v) is 57.0. The van der Waals surface area contributed by atoms with Crippen molar-refractivity contribution in [3.63, 3.8) is 0 Å². The first-order valence-corrected chi connectivity index (χ1v) is 33.6. The molecule has 5 rings (SSSR count). The van der Waals surface area contributed by atoms with Crippen LogP contribution >= 0.6 is 0 Å². The molecule has 95 heavy (non-hydrogen) atoms. The number of unbranched alkanes of at least 4 members (excludes halogenated alkanes) is 8. The lowest BCUT2D eigenvalue weighted by Gasteiger charge is -2.25. The Balaban J connectivity index is 2.02. The summed E-state index contributed by atoms with van der Waals surface area (Å²) in [4.78, 5) is 146.